The molecule has 0 fully saturated rings. The molecule has 0 amide bonds. The van der Waals surface area contributed by atoms with Gasteiger partial charge in [0.2, 0.25) is 0 Å². The Balaban J connectivity index is 2.35. The van der Waals surface area contributed by atoms with E-state index >= 15 is 0 Å². The summed E-state index contributed by atoms with van der Waals surface area (Å²) < 4.78 is 3.52. The van der Waals surface area contributed by atoms with Crippen LogP contribution in [0.4, 0.5) is 0 Å². The summed E-state index contributed by atoms with van der Waals surface area (Å²) in [6.07, 6.45) is 1.99. The topological polar surface area (TPSA) is 55.9 Å². The summed E-state index contributed by atoms with van der Waals surface area (Å²) in [7, 11) is 1.84. The number of aryl methyl sites for hydroxylation is 3. The van der Waals surface area contributed by atoms with Crippen LogP contribution in [0.2, 0.25) is 0 Å². The van der Waals surface area contributed by atoms with Gasteiger partial charge >= 0.3 is 0 Å². The van der Waals surface area contributed by atoms with Crippen molar-refractivity contribution in [3.05, 3.63) is 35.4 Å². The van der Waals surface area contributed by atoms with Crippen LogP contribution in [0.5, 0.6) is 0 Å². The molecular weight excluding hydrogens is 216 g/mol. The van der Waals surface area contributed by atoms with Gasteiger partial charge in [-0.15, -0.1) is 0 Å². The molecule has 5 nitrogen and oxygen atoms in total. The zero-order valence-corrected chi connectivity index (χ0v) is 10.5. The first kappa shape index (κ1) is 11.9. The first-order valence-corrected chi connectivity index (χ1v) is 5.90. The maximum absolute atomic E-state index is 10.3. The Hall–Kier alpha value is -1.62. The molecule has 17 heavy (non-hydrogen) atoms. The Bertz CT molecular complexity index is 500. The highest BCUT2D eigenvalue weighted by atomic mass is 16.3. The third-order valence-corrected chi connectivity index (χ3v) is 2.82. The highest BCUT2D eigenvalue weighted by Crippen LogP contribution is 2.21. The molecule has 5 heteroatoms. The maximum atomic E-state index is 10.3. The number of hydrogen-bond acceptors (Lipinski definition) is 3. The van der Waals surface area contributed by atoms with Gasteiger partial charge in [-0.2, -0.15) is 10.2 Å². The maximum Gasteiger partial charge on any atom is 0.139 e. The van der Waals surface area contributed by atoms with E-state index in [1.54, 1.807) is 4.68 Å². The fourth-order valence-corrected chi connectivity index (χ4v) is 1.86. The van der Waals surface area contributed by atoms with Gasteiger partial charge in [0.05, 0.1) is 17.1 Å². The largest absolute Gasteiger partial charge is 0.380 e. The molecule has 0 aliphatic carbocycles. The molecule has 0 bridgehead atoms. The van der Waals surface area contributed by atoms with Crippen LogP contribution >= 0.6 is 0 Å². The molecule has 2 rings (SSSR count). The molecule has 2 aromatic rings. The van der Waals surface area contributed by atoms with E-state index < -0.39 is 6.10 Å². The van der Waals surface area contributed by atoms with E-state index in [1.807, 2.05) is 37.0 Å². The molecule has 0 saturated carbocycles. The first-order chi connectivity index (χ1) is 8.15. The van der Waals surface area contributed by atoms with Crippen LogP contribution in [-0.2, 0) is 20.0 Å². The van der Waals surface area contributed by atoms with Crippen molar-refractivity contribution in [3.63, 3.8) is 0 Å². The lowest BCUT2D eigenvalue weighted by molar-refractivity contribution is 0.202. The molecule has 0 spiro atoms. The fourth-order valence-electron chi connectivity index (χ4n) is 1.86. The Labute approximate surface area is 101 Å². The number of aliphatic hydroxyl groups is 1. The monoisotopic (exact) mass is 234 g/mol. The number of rotatable bonds is 4. The SMILES string of the molecule is CCc1cc(C(O)c2ccn(C)n2)n(CC)n1. The van der Waals surface area contributed by atoms with Crippen LogP contribution in [0.1, 0.15) is 37.0 Å². The van der Waals surface area contributed by atoms with Crippen LogP contribution in [0, 0.1) is 0 Å². The Kier molecular flexibility index (Phi) is 3.28. The highest BCUT2D eigenvalue weighted by molar-refractivity contribution is 5.21. The van der Waals surface area contributed by atoms with Crippen molar-refractivity contribution in [2.45, 2.75) is 32.9 Å². The lowest BCUT2D eigenvalue weighted by Gasteiger charge is -2.09. The van der Waals surface area contributed by atoms with Crippen LogP contribution in [0.15, 0.2) is 18.3 Å². The number of aliphatic hydroxyl groups excluding tert-OH is 1. The summed E-state index contributed by atoms with van der Waals surface area (Å²) in [4.78, 5) is 0. The average Bonchev–Trinajstić information content (AvgIpc) is 2.93. The van der Waals surface area contributed by atoms with Crippen LogP contribution in [0.3, 0.4) is 0 Å². The third-order valence-electron chi connectivity index (χ3n) is 2.82. The molecule has 1 N–H and O–H groups in total. The molecular formula is C12H18N4O. The quantitative estimate of drug-likeness (QED) is 0.867. The van der Waals surface area contributed by atoms with Crippen LogP contribution < -0.4 is 0 Å². The molecule has 1 unspecified atom stereocenters. The van der Waals surface area contributed by atoms with Crippen molar-refractivity contribution in [2.24, 2.45) is 7.05 Å². The average molecular weight is 234 g/mol. The van der Waals surface area contributed by atoms with Crippen molar-refractivity contribution in [2.75, 3.05) is 0 Å². The van der Waals surface area contributed by atoms with Crippen molar-refractivity contribution >= 4 is 0 Å². The molecule has 0 saturated heterocycles. The van der Waals surface area contributed by atoms with E-state index in [-0.39, 0.29) is 0 Å². The second-order valence-electron chi connectivity index (χ2n) is 4.05. The van der Waals surface area contributed by atoms with Crippen molar-refractivity contribution in [1.82, 2.24) is 19.6 Å². The summed E-state index contributed by atoms with van der Waals surface area (Å²) in [6.45, 7) is 4.82. The van der Waals surface area contributed by atoms with Crippen LogP contribution in [-0.4, -0.2) is 24.7 Å². The summed E-state index contributed by atoms with van der Waals surface area (Å²) >= 11 is 0. The standard InChI is InChI=1S/C12H18N4O/c1-4-9-8-11(16(5-2)13-9)12(17)10-6-7-15(3)14-10/h6-8,12,17H,4-5H2,1-3H3. The van der Waals surface area contributed by atoms with Gasteiger partial charge in [0.25, 0.3) is 0 Å². The smallest absolute Gasteiger partial charge is 0.139 e. The van der Waals surface area contributed by atoms with E-state index in [0.717, 1.165) is 24.4 Å². The molecule has 0 aromatic carbocycles. The summed E-state index contributed by atoms with van der Waals surface area (Å²) in [5.41, 5.74) is 2.46. The van der Waals surface area contributed by atoms with E-state index in [0.29, 0.717) is 5.69 Å². The number of hydrogen-bond donors (Lipinski definition) is 1. The predicted molar refractivity (Wildman–Crippen MR) is 64.5 cm³/mol. The van der Waals surface area contributed by atoms with Gasteiger partial charge in [0, 0.05) is 19.8 Å². The molecule has 92 valence electrons. The molecule has 1 atom stereocenters. The van der Waals surface area contributed by atoms with Gasteiger partial charge in [0.1, 0.15) is 6.10 Å². The second kappa shape index (κ2) is 4.71. The van der Waals surface area contributed by atoms with Crippen molar-refractivity contribution in [3.8, 4) is 0 Å². The van der Waals surface area contributed by atoms with Gasteiger partial charge in [-0.1, -0.05) is 6.92 Å². The molecule has 0 aliphatic rings. The van der Waals surface area contributed by atoms with E-state index in [1.165, 1.54) is 0 Å². The van der Waals surface area contributed by atoms with Gasteiger partial charge < -0.3 is 5.11 Å². The van der Waals surface area contributed by atoms with Gasteiger partial charge in [0.15, 0.2) is 0 Å². The zero-order chi connectivity index (χ0) is 12.4. The molecule has 0 aliphatic heterocycles. The Morgan fingerprint density at radius 1 is 1.35 bits per heavy atom. The van der Waals surface area contributed by atoms with Gasteiger partial charge in [-0.25, -0.2) is 0 Å². The van der Waals surface area contributed by atoms with Gasteiger partial charge in [-0.05, 0) is 25.5 Å². The van der Waals surface area contributed by atoms with E-state index in [9.17, 15) is 5.11 Å². The Morgan fingerprint density at radius 2 is 2.12 bits per heavy atom. The lowest BCUT2D eigenvalue weighted by atomic mass is 10.1. The van der Waals surface area contributed by atoms with Crippen LogP contribution in [0.25, 0.3) is 0 Å². The lowest BCUT2D eigenvalue weighted by Crippen LogP contribution is -2.09. The molecule has 0 radical (unpaired) electrons. The van der Waals surface area contributed by atoms with Crippen molar-refractivity contribution in [1.29, 1.82) is 0 Å². The summed E-state index contributed by atoms with van der Waals surface area (Å²) in [5.74, 6) is 0. The second-order valence-corrected chi connectivity index (χ2v) is 4.05. The Morgan fingerprint density at radius 3 is 2.65 bits per heavy atom. The summed E-state index contributed by atoms with van der Waals surface area (Å²) in [6, 6.07) is 3.77. The first-order valence-electron chi connectivity index (χ1n) is 5.90. The minimum Gasteiger partial charge on any atom is -0.380 e. The predicted octanol–water partition coefficient (Wildman–Crippen LogP) is 1.28. The summed E-state index contributed by atoms with van der Waals surface area (Å²) in [5, 5.41) is 18.9. The van der Waals surface area contributed by atoms with Gasteiger partial charge in [-0.3, -0.25) is 9.36 Å². The minimum atomic E-state index is -0.705. The number of nitrogens with zero attached hydrogens (tertiary/aromatic N) is 4. The normalized spacial score (nSPS) is 12.9. The van der Waals surface area contributed by atoms with Crippen molar-refractivity contribution < 1.29 is 5.11 Å². The van der Waals surface area contributed by atoms with E-state index in [4.69, 9.17) is 0 Å². The third kappa shape index (κ3) is 2.24. The fraction of sp³-hybridized carbons (Fsp3) is 0.500. The minimum absolute atomic E-state index is 0.657. The molecule has 2 aromatic heterocycles. The zero-order valence-electron chi connectivity index (χ0n) is 10.5. The number of aromatic nitrogens is 4. The highest BCUT2D eigenvalue weighted by Gasteiger charge is 2.18. The van der Waals surface area contributed by atoms with E-state index in [2.05, 4.69) is 17.1 Å². The molecule has 2 heterocycles.